The van der Waals surface area contributed by atoms with Crippen LogP contribution in [0.4, 0.5) is 5.69 Å². The Labute approximate surface area is 198 Å². The summed E-state index contributed by atoms with van der Waals surface area (Å²) >= 11 is 0. The molecule has 34 heavy (non-hydrogen) atoms. The van der Waals surface area contributed by atoms with Crippen molar-refractivity contribution < 1.29 is 22.4 Å². The van der Waals surface area contributed by atoms with E-state index in [1.165, 1.54) is 16.8 Å². The molecule has 180 valence electrons. The van der Waals surface area contributed by atoms with Crippen molar-refractivity contribution >= 4 is 27.5 Å². The van der Waals surface area contributed by atoms with Crippen LogP contribution in [0.2, 0.25) is 0 Å². The fourth-order valence-corrected chi connectivity index (χ4v) is 5.33. The van der Waals surface area contributed by atoms with Gasteiger partial charge in [-0.15, -0.1) is 0 Å². The van der Waals surface area contributed by atoms with Crippen molar-refractivity contribution in [1.82, 2.24) is 19.2 Å². The Balaban J connectivity index is 1.29. The number of amides is 2. The predicted molar refractivity (Wildman–Crippen MR) is 124 cm³/mol. The first-order valence-corrected chi connectivity index (χ1v) is 12.4. The molecule has 0 bridgehead atoms. The quantitative estimate of drug-likeness (QED) is 0.529. The van der Waals surface area contributed by atoms with Gasteiger partial charge in [-0.3, -0.25) is 9.59 Å². The first-order chi connectivity index (χ1) is 16.2. The van der Waals surface area contributed by atoms with Gasteiger partial charge in [0.05, 0.1) is 6.26 Å². The molecule has 2 amide bonds. The van der Waals surface area contributed by atoms with E-state index in [0.717, 1.165) is 5.56 Å². The minimum Gasteiger partial charge on any atom is -0.459 e. The molecule has 0 atom stereocenters. The zero-order chi connectivity index (χ0) is 24.3. The highest BCUT2D eigenvalue weighted by molar-refractivity contribution is 7.89. The van der Waals surface area contributed by atoms with Gasteiger partial charge >= 0.3 is 0 Å². The second-order valence-corrected chi connectivity index (χ2v) is 10.2. The minimum atomic E-state index is -3.67. The molecule has 1 aromatic carbocycles. The number of imidazole rings is 1. The number of carbonyl (C=O) groups is 2. The van der Waals surface area contributed by atoms with E-state index in [1.807, 2.05) is 6.07 Å². The van der Waals surface area contributed by atoms with Crippen LogP contribution in [-0.2, 0) is 28.4 Å². The van der Waals surface area contributed by atoms with E-state index in [2.05, 4.69) is 15.6 Å². The Morgan fingerprint density at radius 2 is 1.94 bits per heavy atom. The summed E-state index contributed by atoms with van der Waals surface area (Å²) in [6.45, 7) is 2.59. The van der Waals surface area contributed by atoms with Gasteiger partial charge in [0, 0.05) is 44.5 Å². The highest BCUT2D eigenvalue weighted by Crippen LogP contribution is 2.24. The summed E-state index contributed by atoms with van der Waals surface area (Å²) in [7, 11) is -1.92. The highest BCUT2D eigenvalue weighted by atomic mass is 32.2. The third-order valence-electron chi connectivity index (χ3n) is 5.91. The van der Waals surface area contributed by atoms with Gasteiger partial charge in [-0.05, 0) is 49.6 Å². The van der Waals surface area contributed by atoms with Crippen LogP contribution in [0.5, 0.6) is 0 Å². The molecule has 0 saturated carbocycles. The number of nitrogens with one attached hydrogen (secondary N) is 2. The lowest BCUT2D eigenvalue weighted by molar-refractivity contribution is -0.126. The third kappa shape index (κ3) is 5.20. The number of aryl methyl sites for hydroxylation is 2. The average Bonchev–Trinajstić information content (AvgIpc) is 3.48. The monoisotopic (exact) mass is 485 g/mol. The summed E-state index contributed by atoms with van der Waals surface area (Å²) in [6, 6.07) is 10.4. The van der Waals surface area contributed by atoms with Gasteiger partial charge in [0.1, 0.15) is 5.82 Å². The molecular formula is C23H27N5O5S. The number of hydrogen-bond acceptors (Lipinski definition) is 6. The van der Waals surface area contributed by atoms with Crippen molar-refractivity contribution in [1.29, 1.82) is 0 Å². The van der Waals surface area contributed by atoms with Gasteiger partial charge in [0.25, 0.3) is 15.9 Å². The number of rotatable bonds is 7. The van der Waals surface area contributed by atoms with Crippen LogP contribution in [0.15, 0.2) is 58.3 Å². The van der Waals surface area contributed by atoms with Gasteiger partial charge in [-0.2, -0.15) is 4.31 Å². The molecule has 1 saturated heterocycles. The zero-order valence-corrected chi connectivity index (χ0v) is 19.8. The van der Waals surface area contributed by atoms with Crippen LogP contribution in [0.1, 0.15) is 34.8 Å². The Hall–Kier alpha value is -3.44. The lowest BCUT2D eigenvalue weighted by Crippen LogP contribution is -2.43. The van der Waals surface area contributed by atoms with Crippen molar-refractivity contribution in [2.45, 2.75) is 31.3 Å². The molecule has 2 aromatic heterocycles. The number of carbonyl (C=O) groups excluding carboxylic acids is 2. The number of piperidine rings is 1. The number of furan rings is 1. The summed E-state index contributed by atoms with van der Waals surface area (Å²) in [5, 5.41) is 5.71. The van der Waals surface area contributed by atoms with Gasteiger partial charge in [-0.25, -0.2) is 13.4 Å². The molecule has 1 fully saturated rings. The SMILES string of the molecule is Cc1nc(S(=O)(=O)N2CCC(C(=O)NCc3cccc(NC(=O)c4ccco4)c3)CC2)cn1C. The Morgan fingerprint density at radius 1 is 1.18 bits per heavy atom. The van der Waals surface area contributed by atoms with Gasteiger partial charge in [-0.1, -0.05) is 12.1 Å². The maximum absolute atomic E-state index is 12.8. The molecule has 0 spiro atoms. The van der Waals surface area contributed by atoms with E-state index in [1.54, 1.807) is 48.9 Å². The highest BCUT2D eigenvalue weighted by Gasteiger charge is 2.33. The number of nitrogens with zero attached hydrogens (tertiary/aromatic N) is 3. The van der Waals surface area contributed by atoms with Gasteiger partial charge in [0.2, 0.25) is 5.91 Å². The fraction of sp³-hybridized carbons (Fsp3) is 0.348. The molecule has 3 aromatic rings. The van der Waals surface area contributed by atoms with Crippen molar-refractivity contribution in [2.24, 2.45) is 13.0 Å². The molecule has 0 aliphatic carbocycles. The van der Waals surface area contributed by atoms with E-state index in [0.29, 0.717) is 30.9 Å². The van der Waals surface area contributed by atoms with Crippen LogP contribution in [0.3, 0.4) is 0 Å². The standard InChI is InChI=1S/C23H27N5O5S/c1-16-25-21(15-27(16)2)34(31,32)28-10-8-18(9-11-28)22(29)24-14-17-5-3-6-19(13-17)26-23(30)20-7-4-12-33-20/h3-7,12-13,15,18H,8-11,14H2,1-2H3,(H,24,29)(H,26,30). The van der Waals surface area contributed by atoms with E-state index < -0.39 is 10.0 Å². The van der Waals surface area contributed by atoms with E-state index in [9.17, 15) is 18.0 Å². The molecule has 0 unspecified atom stereocenters. The summed E-state index contributed by atoms with van der Waals surface area (Å²) < 4.78 is 33.8. The van der Waals surface area contributed by atoms with Crippen LogP contribution in [0, 0.1) is 12.8 Å². The second kappa shape index (κ2) is 9.82. The first kappa shape index (κ1) is 23.7. The summed E-state index contributed by atoms with van der Waals surface area (Å²) in [6.07, 6.45) is 3.82. The van der Waals surface area contributed by atoms with Gasteiger partial charge < -0.3 is 19.6 Å². The minimum absolute atomic E-state index is 0.0365. The van der Waals surface area contributed by atoms with Crippen molar-refractivity contribution in [3.8, 4) is 0 Å². The first-order valence-electron chi connectivity index (χ1n) is 11.0. The lowest BCUT2D eigenvalue weighted by Gasteiger charge is -2.30. The smallest absolute Gasteiger partial charge is 0.291 e. The van der Waals surface area contributed by atoms with Crippen LogP contribution in [-0.4, -0.2) is 47.2 Å². The van der Waals surface area contributed by atoms with Crippen LogP contribution >= 0.6 is 0 Å². The molecule has 10 nitrogen and oxygen atoms in total. The summed E-state index contributed by atoms with van der Waals surface area (Å²) in [5.41, 5.74) is 1.42. The lowest BCUT2D eigenvalue weighted by atomic mass is 9.97. The largest absolute Gasteiger partial charge is 0.459 e. The van der Waals surface area contributed by atoms with Crippen LogP contribution in [0.25, 0.3) is 0 Å². The van der Waals surface area contributed by atoms with Crippen LogP contribution < -0.4 is 10.6 Å². The number of sulfonamides is 1. The van der Waals surface area contributed by atoms with E-state index in [-0.39, 0.29) is 41.6 Å². The van der Waals surface area contributed by atoms with Crippen molar-refractivity contribution in [2.75, 3.05) is 18.4 Å². The van der Waals surface area contributed by atoms with E-state index >= 15 is 0 Å². The Morgan fingerprint density at radius 3 is 2.59 bits per heavy atom. The second-order valence-electron chi connectivity index (χ2n) is 8.27. The van der Waals surface area contributed by atoms with E-state index in [4.69, 9.17) is 4.42 Å². The number of benzene rings is 1. The topological polar surface area (TPSA) is 127 Å². The Kier molecular flexibility index (Phi) is 6.85. The number of aromatic nitrogens is 2. The third-order valence-corrected chi connectivity index (χ3v) is 7.68. The normalized spacial score (nSPS) is 15.2. The maximum Gasteiger partial charge on any atom is 0.291 e. The summed E-state index contributed by atoms with van der Waals surface area (Å²) in [4.78, 5) is 29.0. The molecular weight excluding hydrogens is 458 g/mol. The average molecular weight is 486 g/mol. The number of anilines is 1. The van der Waals surface area contributed by atoms with Crippen molar-refractivity contribution in [3.63, 3.8) is 0 Å². The Bertz CT molecular complexity index is 1260. The molecule has 2 N–H and O–H groups in total. The fourth-order valence-electron chi connectivity index (χ4n) is 3.83. The zero-order valence-electron chi connectivity index (χ0n) is 19.0. The molecule has 4 rings (SSSR count). The summed E-state index contributed by atoms with van der Waals surface area (Å²) in [5.74, 6) is 0.103. The predicted octanol–water partition coefficient (Wildman–Crippen LogP) is 2.29. The van der Waals surface area contributed by atoms with Crippen molar-refractivity contribution in [3.05, 3.63) is 66.0 Å². The van der Waals surface area contributed by atoms with Gasteiger partial charge in [0.15, 0.2) is 10.8 Å². The molecule has 1 aliphatic heterocycles. The molecule has 1 aliphatic rings. The molecule has 3 heterocycles. The number of hydrogen-bond donors (Lipinski definition) is 2. The molecule has 11 heteroatoms. The molecule has 0 radical (unpaired) electrons. The maximum atomic E-state index is 12.8.